The summed E-state index contributed by atoms with van der Waals surface area (Å²) in [6.45, 7) is 0. The SMILES string of the molecule is COc1ccccc1-c1csc(NC(=O)c2ccc(N(C)C)cc2)n1. The molecule has 6 heteroatoms. The van der Waals surface area contributed by atoms with Crippen LogP contribution in [0.4, 0.5) is 10.8 Å². The summed E-state index contributed by atoms with van der Waals surface area (Å²) in [5.74, 6) is 0.580. The van der Waals surface area contributed by atoms with Crippen LogP contribution in [0.1, 0.15) is 10.4 Å². The fourth-order valence-corrected chi connectivity index (χ4v) is 3.10. The average Bonchev–Trinajstić information content (AvgIpc) is 3.10. The molecule has 0 aliphatic rings. The zero-order valence-corrected chi connectivity index (χ0v) is 15.1. The van der Waals surface area contributed by atoms with Crippen molar-refractivity contribution in [3.8, 4) is 17.0 Å². The third kappa shape index (κ3) is 3.80. The normalized spacial score (nSPS) is 10.4. The van der Waals surface area contributed by atoms with Gasteiger partial charge in [0.25, 0.3) is 5.91 Å². The van der Waals surface area contributed by atoms with Crippen LogP contribution < -0.4 is 15.0 Å². The van der Waals surface area contributed by atoms with Crippen molar-refractivity contribution in [2.45, 2.75) is 0 Å². The van der Waals surface area contributed by atoms with Crippen LogP contribution in [0.3, 0.4) is 0 Å². The number of rotatable bonds is 5. The maximum Gasteiger partial charge on any atom is 0.257 e. The maximum atomic E-state index is 12.4. The van der Waals surface area contributed by atoms with E-state index in [1.54, 1.807) is 19.2 Å². The Balaban J connectivity index is 1.76. The Labute approximate surface area is 150 Å². The molecule has 2 aromatic carbocycles. The van der Waals surface area contributed by atoms with Crippen LogP contribution in [0, 0.1) is 0 Å². The summed E-state index contributed by atoms with van der Waals surface area (Å²) in [7, 11) is 5.55. The van der Waals surface area contributed by atoms with Crippen molar-refractivity contribution in [3.63, 3.8) is 0 Å². The topological polar surface area (TPSA) is 54.5 Å². The lowest BCUT2D eigenvalue weighted by Crippen LogP contribution is -2.13. The molecule has 128 valence electrons. The van der Waals surface area contributed by atoms with Crippen LogP contribution in [-0.2, 0) is 0 Å². The number of benzene rings is 2. The number of carbonyl (C=O) groups excluding carboxylic acids is 1. The van der Waals surface area contributed by atoms with Gasteiger partial charge in [0.05, 0.1) is 12.8 Å². The number of hydrogen-bond acceptors (Lipinski definition) is 5. The number of nitrogens with zero attached hydrogens (tertiary/aromatic N) is 2. The highest BCUT2D eigenvalue weighted by atomic mass is 32.1. The van der Waals surface area contributed by atoms with Crippen LogP contribution in [0.15, 0.2) is 53.9 Å². The van der Waals surface area contributed by atoms with E-state index in [2.05, 4.69) is 10.3 Å². The molecule has 1 heterocycles. The number of para-hydroxylation sites is 1. The molecule has 0 bridgehead atoms. The van der Waals surface area contributed by atoms with Crippen molar-refractivity contribution in [1.29, 1.82) is 0 Å². The van der Waals surface area contributed by atoms with Crippen LogP contribution in [0.2, 0.25) is 0 Å². The van der Waals surface area contributed by atoms with Crippen molar-refractivity contribution in [2.24, 2.45) is 0 Å². The molecule has 0 spiro atoms. The number of hydrogen-bond donors (Lipinski definition) is 1. The molecular formula is C19H19N3O2S. The molecule has 0 unspecified atom stereocenters. The van der Waals surface area contributed by atoms with Gasteiger partial charge in [-0.1, -0.05) is 12.1 Å². The van der Waals surface area contributed by atoms with Crippen molar-refractivity contribution >= 4 is 28.1 Å². The van der Waals surface area contributed by atoms with Crippen LogP contribution in [0.25, 0.3) is 11.3 Å². The van der Waals surface area contributed by atoms with Gasteiger partial charge in [-0.15, -0.1) is 11.3 Å². The van der Waals surface area contributed by atoms with E-state index in [9.17, 15) is 4.79 Å². The quantitative estimate of drug-likeness (QED) is 0.749. The van der Waals surface area contributed by atoms with E-state index in [1.807, 2.05) is 60.8 Å². The Bertz CT molecular complexity index is 872. The monoisotopic (exact) mass is 353 g/mol. The predicted octanol–water partition coefficient (Wildman–Crippen LogP) is 4.14. The number of ether oxygens (including phenoxy) is 1. The number of thiazole rings is 1. The third-order valence-electron chi connectivity index (χ3n) is 3.75. The van der Waals surface area contributed by atoms with Gasteiger partial charge in [-0.3, -0.25) is 10.1 Å². The zero-order chi connectivity index (χ0) is 17.8. The van der Waals surface area contributed by atoms with Gasteiger partial charge < -0.3 is 9.64 Å². The summed E-state index contributed by atoms with van der Waals surface area (Å²) < 4.78 is 5.36. The standard InChI is InChI=1S/C19H19N3O2S/c1-22(2)14-10-8-13(9-11-14)18(23)21-19-20-16(12-25-19)15-6-4-5-7-17(15)24-3/h4-12H,1-3H3,(H,20,21,23). The van der Waals surface area contributed by atoms with Gasteiger partial charge in [-0.05, 0) is 36.4 Å². The molecule has 0 radical (unpaired) electrons. The summed E-state index contributed by atoms with van der Waals surface area (Å²) in [6, 6.07) is 15.1. The van der Waals surface area contributed by atoms with Gasteiger partial charge in [0.2, 0.25) is 0 Å². The first-order valence-electron chi connectivity index (χ1n) is 7.76. The summed E-state index contributed by atoms with van der Waals surface area (Å²) >= 11 is 1.39. The minimum Gasteiger partial charge on any atom is -0.496 e. The van der Waals surface area contributed by atoms with E-state index >= 15 is 0 Å². The molecule has 3 rings (SSSR count). The number of methoxy groups -OCH3 is 1. The van der Waals surface area contributed by atoms with Crippen molar-refractivity contribution in [1.82, 2.24) is 4.98 Å². The molecule has 1 amide bonds. The summed E-state index contributed by atoms with van der Waals surface area (Å²) in [5.41, 5.74) is 3.32. The summed E-state index contributed by atoms with van der Waals surface area (Å²) in [5, 5.41) is 5.31. The molecule has 25 heavy (non-hydrogen) atoms. The van der Waals surface area contributed by atoms with Gasteiger partial charge in [-0.25, -0.2) is 4.98 Å². The summed E-state index contributed by atoms with van der Waals surface area (Å²) in [4.78, 5) is 18.9. The van der Waals surface area contributed by atoms with Gasteiger partial charge >= 0.3 is 0 Å². The number of amides is 1. The predicted molar refractivity (Wildman–Crippen MR) is 103 cm³/mol. The van der Waals surface area contributed by atoms with Gasteiger partial charge in [0.1, 0.15) is 5.75 Å². The number of aromatic nitrogens is 1. The number of nitrogens with one attached hydrogen (secondary N) is 1. The van der Waals surface area contributed by atoms with Crippen molar-refractivity contribution < 1.29 is 9.53 Å². The Morgan fingerprint density at radius 3 is 2.52 bits per heavy atom. The second-order valence-corrected chi connectivity index (χ2v) is 6.49. The van der Waals surface area contributed by atoms with Crippen LogP contribution >= 0.6 is 11.3 Å². The molecule has 1 aromatic heterocycles. The van der Waals surface area contributed by atoms with E-state index in [4.69, 9.17) is 4.74 Å². The average molecular weight is 353 g/mol. The third-order valence-corrected chi connectivity index (χ3v) is 4.51. The lowest BCUT2D eigenvalue weighted by molar-refractivity contribution is 0.102. The molecule has 3 aromatic rings. The van der Waals surface area contributed by atoms with Crippen LogP contribution in [-0.4, -0.2) is 32.1 Å². The van der Waals surface area contributed by atoms with E-state index in [1.165, 1.54) is 11.3 Å². The lowest BCUT2D eigenvalue weighted by Gasteiger charge is -2.12. The highest BCUT2D eigenvalue weighted by molar-refractivity contribution is 7.14. The molecule has 0 saturated heterocycles. The van der Waals surface area contributed by atoms with E-state index in [-0.39, 0.29) is 5.91 Å². The smallest absolute Gasteiger partial charge is 0.257 e. The largest absolute Gasteiger partial charge is 0.496 e. The Morgan fingerprint density at radius 2 is 1.84 bits per heavy atom. The Morgan fingerprint density at radius 1 is 1.12 bits per heavy atom. The fraction of sp³-hybridized carbons (Fsp3) is 0.158. The summed E-state index contributed by atoms with van der Waals surface area (Å²) in [6.07, 6.45) is 0. The highest BCUT2D eigenvalue weighted by Gasteiger charge is 2.12. The minimum atomic E-state index is -0.175. The fourth-order valence-electron chi connectivity index (χ4n) is 2.39. The maximum absolute atomic E-state index is 12.4. The van der Waals surface area contributed by atoms with E-state index < -0.39 is 0 Å². The molecular weight excluding hydrogens is 334 g/mol. The second kappa shape index (κ2) is 7.36. The molecule has 1 N–H and O–H groups in total. The van der Waals surface area contributed by atoms with Crippen molar-refractivity contribution in [3.05, 3.63) is 59.5 Å². The van der Waals surface area contributed by atoms with Crippen LogP contribution in [0.5, 0.6) is 5.75 Å². The van der Waals surface area contributed by atoms with E-state index in [0.29, 0.717) is 10.7 Å². The molecule has 0 aliphatic heterocycles. The molecule has 0 saturated carbocycles. The van der Waals surface area contributed by atoms with Gasteiger partial charge in [-0.2, -0.15) is 0 Å². The van der Waals surface area contributed by atoms with Crippen molar-refractivity contribution in [2.75, 3.05) is 31.4 Å². The zero-order valence-electron chi connectivity index (χ0n) is 14.3. The number of carbonyl (C=O) groups is 1. The van der Waals surface area contributed by atoms with E-state index in [0.717, 1.165) is 22.7 Å². The molecule has 0 fully saturated rings. The molecule has 0 aliphatic carbocycles. The van der Waals surface area contributed by atoms with Gasteiger partial charge in [0, 0.05) is 36.3 Å². The first-order chi connectivity index (χ1) is 12.1. The Kier molecular flexibility index (Phi) is 5.00. The highest BCUT2D eigenvalue weighted by Crippen LogP contribution is 2.32. The lowest BCUT2D eigenvalue weighted by atomic mass is 10.1. The second-order valence-electron chi connectivity index (χ2n) is 5.63. The minimum absolute atomic E-state index is 0.175. The molecule has 0 atom stereocenters. The molecule has 5 nitrogen and oxygen atoms in total. The number of anilines is 2. The first-order valence-corrected chi connectivity index (χ1v) is 8.64. The first kappa shape index (κ1) is 17.0. The van der Waals surface area contributed by atoms with Gasteiger partial charge in [0.15, 0.2) is 5.13 Å². The Hall–Kier alpha value is -2.86.